The third-order valence-corrected chi connectivity index (χ3v) is 6.91. The van der Waals surface area contributed by atoms with Crippen molar-refractivity contribution in [1.29, 1.82) is 0 Å². The SMILES string of the molecule is CN1CCCC1C1CCCN(CC(=O)N2c3ccccc3C(=O)Nc3cccnc32)C1. The minimum Gasteiger partial charge on any atom is -0.319 e. The fraction of sp³-hybridized carbons (Fsp3) is 0.458. The quantitative estimate of drug-likeness (QED) is 0.828. The zero-order valence-corrected chi connectivity index (χ0v) is 18.0. The molecule has 2 amide bonds. The van der Waals surface area contributed by atoms with Crippen molar-refractivity contribution in [2.45, 2.75) is 31.7 Å². The molecule has 2 saturated heterocycles. The first kappa shape index (κ1) is 20.2. The van der Waals surface area contributed by atoms with Crippen LogP contribution in [0.25, 0.3) is 0 Å². The summed E-state index contributed by atoms with van der Waals surface area (Å²) in [4.78, 5) is 37.2. The number of nitrogens with one attached hydrogen (secondary N) is 1. The Morgan fingerprint density at radius 3 is 2.81 bits per heavy atom. The number of fused-ring (bicyclic) bond motifs is 2. The molecule has 2 unspecified atom stereocenters. The Morgan fingerprint density at radius 2 is 1.97 bits per heavy atom. The molecular formula is C24H29N5O2. The molecule has 162 valence electrons. The molecule has 3 aliphatic rings. The van der Waals surface area contributed by atoms with E-state index < -0.39 is 0 Å². The molecule has 2 aromatic rings. The van der Waals surface area contributed by atoms with Crippen molar-refractivity contribution in [3.8, 4) is 0 Å². The molecule has 0 spiro atoms. The molecule has 0 radical (unpaired) electrons. The molecule has 3 aliphatic heterocycles. The maximum absolute atomic E-state index is 13.6. The Hall–Kier alpha value is -2.77. The van der Waals surface area contributed by atoms with Crippen LogP contribution in [-0.2, 0) is 4.79 Å². The minimum absolute atomic E-state index is 0.0515. The van der Waals surface area contributed by atoms with Gasteiger partial charge in [0, 0.05) is 18.8 Å². The van der Waals surface area contributed by atoms with Gasteiger partial charge < -0.3 is 10.2 Å². The maximum atomic E-state index is 13.6. The van der Waals surface area contributed by atoms with Gasteiger partial charge in [0.2, 0.25) is 5.91 Å². The molecule has 2 fully saturated rings. The summed E-state index contributed by atoms with van der Waals surface area (Å²) >= 11 is 0. The van der Waals surface area contributed by atoms with Crippen molar-refractivity contribution in [2.24, 2.45) is 5.92 Å². The van der Waals surface area contributed by atoms with Crippen molar-refractivity contribution in [1.82, 2.24) is 14.8 Å². The van der Waals surface area contributed by atoms with Gasteiger partial charge in [0.1, 0.15) is 0 Å². The van der Waals surface area contributed by atoms with Crippen LogP contribution < -0.4 is 10.2 Å². The normalized spacial score (nSPS) is 24.3. The Bertz CT molecular complexity index is 993. The van der Waals surface area contributed by atoms with Crippen LogP contribution in [0.1, 0.15) is 36.0 Å². The lowest BCUT2D eigenvalue weighted by molar-refractivity contribution is -0.119. The van der Waals surface area contributed by atoms with Gasteiger partial charge in [0.25, 0.3) is 5.91 Å². The van der Waals surface area contributed by atoms with Gasteiger partial charge in [0.15, 0.2) is 5.82 Å². The average Bonchev–Trinajstić information content (AvgIpc) is 3.16. The molecule has 1 aromatic heterocycles. The first-order valence-electron chi connectivity index (χ1n) is 11.2. The van der Waals surface area contributed by atoms with Crippen molar-refractivity contribution in [2.75, 3.05) is 43.4 Å². The van der Waals surface area contributed by atoms with Crippen molar-refractivity contribution in [3.63, 3.8) is 0 Å². The van der Waals surface area contributed by atoms with Crippen LogP contribution in [0, 0.1) is 5.92 Å². The first-order valence-corrected chi connectivity index (χ1v) is 11.2. The van der Waals surface area contributed by atoms with E-state index in [1.165, 1.54) is 25.8 Å². The molecule has 5 rings (SSSR count). The topological polar surface area (TPSA) is 68.8 Å². The van der Waals surface area contributed by atoms with Crippen LogP contribution in [0.5, 0.6) is 0 Å². The van der Waals surface area contributed by atoms with Crippen molar-refractivity contribution >= 4 is 29.0 Å². The number of piperidine rings is 1. The summed E-state index contributed by atoms with van der Waals surface area (Å²) in [5.41, 5.74) is 1.63. The zero-order valence-electron chi connectivity index (χ0n) is 18.0. The highest BCUT2D eigenvalue weighted by molar-refractivity contribution is 6.17. The number of hydrogen-bond donors (Lipinski definition) is 1. The molecule has 0 aliphatic carbocycles. The van der Waals surface area contributed by atoms with E-state index in [1.54, 1.807) is 29.3 Å². The van der Waals surface area contributed by atoms with Crippen LogP contribution in [-0.4, -0.2) is 65.9 Å². The van der Waals surface area contributed by atoms with Gasteiger partial charge in [-0.05, 0) is 76.0 Å². The van der Waals surface area contributed by atoms with Gasteiger partial charge in [-0.15, -0.1) is 0 Å². The van der Waals surface area contributed by atoms with E-state index in [9.17, 15) is 9.59 Å². The second-order valence-corrected chi connectivity index (χ2v) is 8.90. The summed E-state index contributed by atoms with van der Waals surface area (Å²) in [6, 6.07) is 11.4. The molecule has 7 heteroatoms. The number of para-hydroxylation sites is 1. The molecule has 0 bridgehead atoms. The number of rotatable bonds is 3. The van der Waals surface area contributed by atoms with Crippen molar-refractivity contribution in [3.05, 3.63) is 48.2 Å². The van der Waals surface area contributed by atoms with Gasteiger partial charge in [-0.2, -0.15) is 0 Å². The predicted octanol–water partition coefficient (Wildman–Crippen LogP) is 3.12. The van der Waals surface area contributed by atoms with Crippen molar-refractivity contribution < 1.29 is 9.59 Å². The number of anilines is 3. The lowest BCUT2D eigenvalue weighted by atomic mass is 9.89. The highest BCUT2D eigenvalue weighted by atomic mass is 16.2. The Morgan fingerprint density at radius 1 is 1.13 bits per heavy atom. The molecule has 0 saturated carbocycles. The number of carbonyl (C=O) groups is 2. The van der Waals surface area contributed by atoms with E-state index in [0.717, 1.165) is 19.5 Å². The molecular weight excluding hydrogens is 390 g/mol. The summed E-state index contributed by atoms with van der Waals surface area (Å²) < 4.78 is 0. The summed E-state index contributed by atoms with van der Waals surface area (Å²) in [6.07, 6.45) is 6.53. The van der Waals surface area contributed by atoms with E-state index in [0.29, 0.717) is 41.3 Å². The number of pyridine rings is 1. The summed E-state index contributed by atoms with van der Waals surface area (Å²) in [7, 11) is 2.22. The monoisotopic (exact) mass is 419 g/mol. The average molecular weight is 420 g/mol. The standard InChI is InChI=1S/C24H29N5O2/c1-27-13-6-11-20(27)17-7-5-14-28(15-17)16-22(30)29-21-10-3-2-8-18(21)24(31)26-19-9-4-12-25-23(19)29/h2-4,8-10,12,17,20H,5-7,11,13-16H2,1H3,(H,26,31). The zero-order chi connectivity index (χ0) is 21.4. The molecule has 2 atom stereocenters. The number of amides is 2. The van der Waals surface area contributed by atoms with Crippen LogP contribution in [0.4, 0.5) is 17.2 Å². The lowest BCUT2D eigenvalue weighted by Crippen LogP contribution is -2.47. The predicted molar refractivity (Wildman–Crippen MR) is 121 cm³/mol. The second-order valence-electron chi connectivity index (χ2n) is 8.90. The fourth-order valence-electron chi connectivity index (χ4n) is 5.43. The van der Waals surface area contributed by atoms with Gasteiger partial charge in [-0.1, -0.05) is 12.1 Å². The Balaban J connectivity index is 1.41. The number of nitrogens with zero attached hydrogens (tertiary/aromatic N) is 4. The van der Waals surface area contributed by atoms with Gasteiger partial charge >= 0.3 is 0 Å². The molecule has 7 nitrogen and oxygen atoms in total. The van der Waals surface area contributed by atoms with Gasteiger partial charge in [-0.3, -0.25) is 19.4 Å². The van der Waals surface area contributed by atoms with E-state index in [2.05, 4.69) is 27.1 Å². The maximum Gasteiger partial charge on any atom is 0.257 e. The number of aromatic nitrogens is 1. The van der Waals surface area contributed by atoms with E-state index >= 15 is 0 Å². The summed E-state index contributed by atoms with van der Waals surface area (Å²) in [6.45, 7) is 3.38. The lowest BCUT2D eigenvalue weighted by Gasteiger charge is -2.38. The van der Waals surface area contributed by atoms with E-state index in [1.807, 2.05) is 18.2 Å². The number of benzene rings is 1. The highest BCUT2D eigenvalue weighted by Crippen LogP contribution is 2.36. The van der Waals surface area contributed by atoms with E-state index in [-0.39, 0.29) is 11.8 Å². The fourth-order valence-corrected chi connectivity index (χ4v) is 5.43. The molecule has 1 N–H and O–H groups in total. The first-order chi connectivity index (χ1) is 15.1. The Kier molecular flexibility index (Phi) is 5.46. The van der Waals surface area contributed by atoms with Crippen LogP contribution >= 0.6 is 0 Å². The second kappa shape index (κ2) is 8.40. The highest BCUT2D eigenvalue weighted by Gasteiger charge is 2.35. The smallest absolute Gasteiger partial charge is 0.257 e. The van der Waals surface area contributed by atoms with E-state index in [4.69, 9.17) is 0 Å². The third-order valence-electron chi connectivity index (χ3n) is 6.91. The van der Waals surface area contributed by atoms with Gasteiger partial charge in [-0.25, -0.2) is 4.98 Å². The van der Waals surface area contributed by atoms with Crippen LogP contribution in [0.3, 0.4) is 0 Å². The number of hydrogen-bond acceptors (Lipinski definition) is 5. The molecule has 4 heterocycles. The largest absolute Gasteiger partial charge is 0.319 e. The summed E-state index contributed by atoms with van der Waals surface area (Å²) in [5, 5.41) is 2.90. The number of likely N-dealkylation sites (tertiary alicyclic amines) is 2. The van der Waals surface area contributed by atoms with Crippen LogP contribution in [0.15, 0.2) is 42.6 Å². The third kappa shape index (κ3) is 3.83. The number of carbonyl (C=O) groups excluding carboxylic acids is 2. The molecule has 1 aromatic carbocycles. The van der Waals surface area contributed by atoms with Gasteiger partial charge in [0.05, 0.1) is 23.5 Å². The minimum atomic E-state index is -0.220. The summed E-state index contributed by atoms with van der Waals surface area (Å²) in [5.74, 6) is 0.820. The Labute approximate surface area is 183 Å². The molecule has 31 heavy (non-hydrogen) atoms. The van der Waals surface area contributed by atoms with Crippen LogP contribution in [0.2, 0.25) is 0 Å².